The van der Waals surface area contributed by atoms with Gasteiger partial charge in [0.2, 0.25) is 0 Å². The third-order valence-corrected chi connectivity index (χ3v) is 2.90. The standard InChI is InChI=1S/C14H12ClN3/c1-9-2-5-12(7-13(9)17)18-14-6-11(15)4-3-10(14)8-16/h2-7,18H,17H2,1H3. The van der Waals surface area contributed by atoms with Crippen LogP contribution in [0.3, 0.4) is 0 Å². The quantitative estimate of drug-likeness (QED) is 0.804. The summed E-state index contributed by atoms with van der Waals surface area (Å²) in [5.74, 6) is 0. The van der Waals surface area contributed by atoms with E-state index in [-0.39, 0.29) is 0 Å². The molecule has 0 aliphatic carbocycles. The molecule has 2 aromatic rings. The molecule has 0 heterocycles. The number of nitrogens with one attached hydrogen (secondary N) is 1. The van der Waals surface area contributed by atoms with E-state index in [9.17, 15) is 0 Å². The summed E-state index contributed by atoms with van der Waals surface area (Å²) < 4.78 is 0. The minimum atomic E-state index is 0.540. The molecule has 3 N–H and O–H groups in total. The summed E-state index contributed by atoms with van der Waals surface area (Å²) in [4.78, 5) is 0. The lowest BCUT2D eigenvalue weighted by Gasteiger charge is -2.10. The van der Waals surface area contributed by atoms with Gasteiger partial charge >= 0.3 is 0 Å². The Bertz CT molecular complexity index is 629. The molecule has 2 aromatic carbocycles. The minimum absolute atomic E-state index is 0.540. The SMILES string of the molecule is Cc1ccc(Nc2cc(Cl)ccc2C#N)cc1N. The molecule has 0 amide bonds. The van der Waals surface area contributed by atoms with Crippen molar-refractivity contribution in [2.75, 3.05) is 11.1 Å². The lowest BCUT2D eigenvalue weighted by atomic mass is 10.1. The molecule has 0 bridgehead atoms. The van der Waals surface area contributed by atoms with Gasteiger partial charge in [0.25, 0.3) is 0 Å². The molecule has 18 heavy (non-hydrogen) atoms. The first-order chi connectivity index (χ1) is 8.60. The fourth-order valence-electron chi connectivity index (χ4n) is 1.59. The van der Waals surface area contributed by atoms with E-state index < -0.39 is 0 Å². The molecule has 0 aromatic heterocycles. The van der Waals surface area contributed by atoms with E-state index in [0.717, 1.165) is 11.3 Å². The van der Waals surface area contributed by atoms with Crippen molar-refractivity contribution < 1.29 is 0 Å². The number of nitrogens with two attached hydrogens (primary N) is 1. The number of anilines is 3. The lowest BCUT2D eigenvalue weighted by molar-refractivity contribution is 1.44. The molecule has 0 atom stereocenters. The molecular formula is C14H12ClN3. The van der Waals surface area contributed by atoms with Gasteiger partial charge in [-0.1, -0.05) is 17.7 Å². The first-order valence-corrected chi connectivity index (χ1v) is 5.81. The molecule has 0 fully saturated rings. The van der Waals surface area contributed by atoms with Crippen LogP contribution in [0.15, 0.2) is 36.4 Å². The zero-order chi connectivity index (χ0) is 13.1. The summed E-state index contributed by atoms with van der Waals surface area (Å²) in [6.45, 7) is 1.94. The highest BCUT2D eigenvalue weighted by Crippen LogP contribution is 2.26. The van der Waals surface area contributed by atoms with Gasteiger partial charge < -0.3 is 11.1 Å². The Balaban J connectivity index is 2.36. The number of aryl methyl sites for hydroxylation is 1. The van der Waals surface area contributed by atoms with E-state index in [1.807, 2.05) is 25.1 Å². The molecule has 0 saturated carbocycles. The molecule has 90 valence electrons. The zero-order valence-corrected chi connectivity index (χ0v) is 10.6. The van der Waals surface area contributed by atoms with Crippen molar-refractivity contribution >= 4 is 28.7 Å². The van der Waals surface area contributed by atoms with Gasteiger partial charge in [0.15, 0.2) is 0 Å². The molecule has 3 nitrogen and oxygen atoms in total. The summed E-state index contributed by atoms with van der Waals surface area (Å²) in [7, 11) is 0. The first-order valence-electron chi connectivity index (χ1n) is 5.43. The van der Waals surface area contributed by atoms with Crippen molar-refractivity contribution in [2.45, 2.75) is 6.92 Å². The Kier molecular flexibility index (Phi) is 3.40. The van der Waals surface area contributed by atoms with Gasteiger partial charge in [-0.25, -0.2) is 0 Å². The minimum Gasteiger partial charge on any atom is -0.398 e. The van der Waals surface area contributed by atoms with Crippen molar-refractivity contribution in [3.8, 4) is 6.07 Å². The third kappa shape index (κ3) is 2.55. The van der Waals surface area contributed by atoms with E-state index >= 15 is 0 Å². The zero-order valence-electron chi connectivity index (χ0n) is 9.87. The predicted molar refractivity (Wildman–Crippen MR) is 75.0 cm³/mol. The summed E-state index contributed by atoms with van der Waals surface area (Å²) in [6.07, 6.45) is 0. The number of nitrogens with zero attached hydrogens (tertiary/aromatic N) is 1. The number of nitriles is 1. The Labute approximate surface area is 111 Å². The second-order valence-corrected chi connectivity index (χ2v) is 4.43. The summed E-state index contributed by atoms with van der Waals surface area (Å²) in [5.41, 5.74) is 9.62. The van der Waals surface area contributed by atoms with E-state index in [1.54, 1.807) is 18.2 Å². The first kappa shape index (κ1) is 12.3. The maximum atomic E-state index is 9.03. The smallest absolute Gasteiger partial charge is 0.101 e. The number of hydrogen-bond donors (Lipinski definition) is 2. The molecule has 0 unspecified atom stereocenters. The van der Waals surface area contributed by atoms with Crippen LogP contribution in [0.4, 0.5) is 17.1 Å². The van der Waals surface area contributed by atoms with Crippen LogP contribution < -0.4 is 11.1 Å². The van der Waals surface area contributed by atoms with Gasteiger partial charge in [0.1, 0.15) is 6.07 Å². The van der Waals surface area contributed by atoms with Crippen molar-refractivity contribution in [2.24, 2.45) is 0 Å². The van der Waals surface area contributed by atoms with Gasteiger partial charge in [-0.2, -0.15) is 5.26 Å². The van der Waals surface area contributed by atoms with E-state index in [2.05, 4.69) is 11.4 Å². The molecule has 2 rings (SSSR count). The van der Waals surface area contributed by atoms with Crippen LogP contribution in [0.5, 0.6) is 0 Å². The van der Waals surface area contributed by atoms with Crippen LogP contribution in [0.25, 0.3) is 0 Å². The summed E-state index contributed by atoms with van der Waals surface area (Å²) >= 11 is 5.92. The number of rotatable bonds is 2. The van der Waals surface area contributed by atoms with Crippen LogP contribution >= 0.6 is 11.6 Å². The average Bonchev–Trinajstić information content (AvgIpc) is 2.34. The van der Waals surface area contributed by atoms with Crippen LogP contribution in [0, 0.1) is 18.3 Å². The average molecular weight is 258 g/mol. The van der Waals surface area contributed by atoms with E-state index in [0.29, 0.717) is 22.0 Å². The second-order valence-electron chi connectivity index (χ2n) is 4.00. The van der Waals surface area contributed by atoms with Crippen LogP contribution in [0.1, 0.15) is 11.1 Å². The maximum absolute atomic E-state index is 9.03. The van der Waals surface area contributed by atoms with Crippen molar-refractivity contribution in [3.05, 3.63) is 52.5 Å². The molecular weight excluding hydrogens is 246 g/mol. The van der Waals surface area contributed by atoms with Gasteiger partial charge in [-0.05, 0) is 42.8 Å². The lowest BCUT2D eigenvalue weighted by Crippen LogP contribution is -1.96. The van der Waals surface area contributed by atoms with Crippen molar-refractivity contribution in [3.63, 3.8) is 0 Å². The van der Waals surface area contributed by atoms with E-state index in [4.69, 9.17) is 22.6 Å². The van der Waals surface area contributed by atoms with Crippen LogP contribution in [-0.2, 0) is 0 Å². The third-order valence-electron chi connectivity index (χ3n) is 2.66. The predicted octanol–water partition coefficient (Wildman–Crippen LogP) is 3.85. The summed E-state index contributed by atoms with van der Waals surface area (Å²) in [5, 5.41) is 12.8. The fraction of sp³-hybridized carbons (Fsp3) is 0.0714. The Morgan fingerprint density at radius 2 is 2.00 bits per heavy atom. The topological polar surface area (TPSA) is 61.8 Å². The van der Waals surface area contributed by atoms with Gasteiger partial charge in [0.05, 0.1) is 11.3 Å². The largest absolute Gasteiger partial charge is 0.398 e. The van der Waals surface area contributed by atoms with Crippen LogP contribution in [0.2, 0.25) is 5.02 Å². The summed E-state index contributed by atoms with van der Waals surface area (Å²) in [6, 6.07) is 12.9. The fourth-order valence-corrected chi connectivity index (χ4v) is 1.76. The highest BCUT2D eigenvalue weighted by molar-refractivity contribution is 6.30. The normalized spacial score (nSPS) is 9.83. The molecule has 4 heteroatoms. The molecule has 0 radical (unpaired) electrons. The highest BCUT2D eigenvalue weighted by atomic mass is 35.5. The van der Waals surface area contributed by atoms with Gasteiger partial charge in [0, 0.05) is 16.4 Å². The molecule has 0 aliphatic heterocycles. The maximum Gasteiger partial charge on any atom is 0.101 e. The van der Waals surface area contributed by atoms with E-state index in [1.165, 1.54) is 0 Å². The number of benzene rings is 2. The molecule has 0 aliphatic rings. The molecule has 0 saturated heterocycles. The van der Waals surface area contributed by atoms with Crippen molar-refractivity contribution in [1.29, 1.82) is 5.26 Å². The second kappa shape index (κ2) is 4.99. The monoisotopic (exact) mass is 257 g/mol. The van der Waals surface area contributed by atoms with Crippen LogP contribution in [-0.4, -0.2) is 0 Å². The Hall–Kier alpha value is -2.18. The van der Waals surface area contributed by atoms with Gasteiger partial charge in [-0.15, -0.1) is 0 Å². The Morgan fingerprint density at radius 1 is 1.22 bits per heavy atom. The van der Waals surface area contributed by atoms with Crippen molar-refractivity contribution in [1.82, 2.24) is 0 Å². The number of halogens is 1. The molecule has 0 spiro atoms. The Morgan fingerprint density at radius 3 is 2.67 bits per heavy atom. The number of hydrogen-bond acceptors (Lipinski definition) is 3. The van der Waals surface area contributed by atoms with Gasteiger partial charge in [-0.3, -0.25) is 0 Å². The number of nitrogen functional groups attached to an aromatic ring is 1. The highest BCUT2D eigenvalue weighted by Gasteiger charge is 2.04.